The second-order valence-corrected chi connectivity index (χ2v) is 5.01. The van der Waals surface area contributed by atoms with Crippen LogP contribution in [0.5, 0.6) is 0 Å². The first-order valence-corrected chi connectivity index (χ1v) is 6.34. The molecule has 16 heavy (non-hydrogen) atoms. The number of benzene rings is 2. The number of halogens is 1. The standard InChI is InChI=1S/C14H11FS/c15-12-6-3-4-10-8-9-16-13-7-2-1-5-11(13)14(10)12/h1-7H,8-9H2. The summed E-state index contributed by atoms with van der Waals surface area (Å²) in [7, 11) is 0. The van der Waals surface area contributed by atoms with Gasteiger partial charge in [-0.2, -0.15) is 0 Å². The molecule has 2 aromatic carbocycles. The predicted octanol–water partition coefficient (Wildman–Crippen LogP) is 4.14. The van der Waals surface area contributed by atoms with E-state index >= 15 is 0 Å². The number of rotatable bonds is 0. The van der Waals surface area contributed by atoms with E-state index in [4.69, 9.17) is 0 Å². The van der Waals surface area contributed by atoms with E-state index in [-0.39, 0.29) is 5.82 Å². The van der Waals surface area contributed by atoms with Crippen molar-refractivity contribution < 1.29 is 4.39 Å². The minimum absolute atomic E-state index is 0.104. The second kappa shape index (κ2) is 3.95. The maximum atomic E-state index is 13.9. The maximum absolute atomic E-state index is 13.9. The van der Waals surface area contributed by atoms with Crippen molar-refractivity contribution in [1.29, 1.82) is 0 Å². The second-order valence-electron chi connectivity index (χ2n) is 3.87. The van der Waals surface area contributed by atoms with Gasteiger partial charge < -0.3 is 0 Å². The van der Waals surface area contributed by atoms with Crippen molar-refractivity contribution in [1.82, 2.24) is 0 Å². The largest absolute Gasteiger partial charge is 0.206 e. The molecule has 80 valence electrons. The van der Waals surface area contributed by atoms with E-state index in [0.717, 1.165) is 28.9 Å². The fourth-order valence-corrected chi connectivity index (χ4v) is 3.19. The van der Waals surface area contributed by atoms with Crippen LogP contribution in [0.1, 0.15) is 5.56 Å². The van der Waals surface area contributed by atoms with Crippen LogP contribution in [0.4, 0.5) is 4.39 Å². The summed E-state index contributed by atoms with van der Waals surface area (Å²) in [5, 5.41) is 0. The highest BCUT2D eigenvalue weighted by molar-refractivity contribution is 7.99. The lowest BCUT2D eigenvalue weighted by atomic mass is 9.98. The van der Waals surface area contributed by atoms with Crippen molar-refractivity contribution in [2.75, 3.05) is 5.75 Å². The highest BCUT2D eigenvalue weighted by atomic mass is 32.2. The number of thioether (sulfide) groups is 1. The summed E-state index contributed by atoms with van der Waals surface area (Å²) in [5.74, 6) is 0.917. The normalized spacial score (nSPS) is 13.8. The van der Waals surface area contributed by atoms with Gasteiger partial charge in [0.15, 0.2) is 0 Å². The van der Waals surface area contributed by atoms with Gasteiger partial charge in [-0.25, -0.2) is 4.39 Å². The Morgan fingerprint density at radius 1 is 1.00 bits per heavy atom. The summed E-state index contributed by atoms with van der Waals surface area (Å²) >= 11 is 1.81. The van der Waals surface area contributed by atoms with Crippen LogP contribution in [0, 0.1) is 5.82 Å². The third-order valence-electron chi connectivity index (χ3n) is 2.89. The number of hydrogen-bond acceptors (Lipinski definition) is 1. The van der Waals surface area contributed by atoms with Crippen LogP contribution < -0.4 is 0 Å². The molecule has 0 amide bonds. The fraction of sp³-hybridized carbons (Fsp3) is 0.143. The third kappa shape index (κ3) is 1.54. The average Bonchev–Trinajstić information content (AvgIpc) is 2.49. The number of fused-ring (bicyclic) bond motifs is 3. The molecule has 1 heterocycles. The molecule has 0 fully saturated rings. The summed E-state index contributed by atoms with van der Waals surface area (Å²) in [6.45, 7) is 0. The van der Waals surface area contributed by atoms with Crippen LogP contribution in [-0.2, 0) is 6.42 Å². The van der Waals surface area contributed by atoms with Gasteiger partial charge in [0, 0.05) is 16.2 Å². The van der Waals surface area contributed by atoms with E-state index in [1.807, 2.05) is 36.0 Å². The Balaban J connectivity index is 2.32. The molecule has 0 N–H and O–H groups in total. The first-order chi connectivity index (χ1) is 7.86. The minimum atomic E-state index is -0.104. The van der Waals surface area contributed by atoms with Crippen LogP contribution in [0.3, 0.4) is 0 Å². The topological polar surface area (TPSA) is 0 Å². The Morgan fingerprint density at radius 3 is 2.81 bits per heavy atom. The van der Waals surface area contributed by atoms with E-state index < -0.39 is 0 Å². The first-order valence-electron chi connectivity index (χ1n) is 5.36. The predicted molar refractivity (Wildman–Crippen MR) is 66.3 cm³/mol. The molecule has 1 aliphatic heterocycles. The van der Waals surface area contributed by atoms with E-state index in [0.29, 0.717) is 0 Å². The van der Waals surface area contributed by atoms with Gasteiger partial charge in [-0.05, 0) is 29.7 Å². The highest BCUT2D eigenvalue weighted by Crippen LogP contribution is 2.38. The Hall–Kier alpha value is -1.28. The van der Waals surface area contributed by atoms with Crippen molar-refractivity contribution in [2.24, 2.45) is 0 Å². The summed E-state index contributed by atoms with van der Waals surface area (Å²) < 4.78 is 13.9. The van der Waals surface area contributed by atoms with Crippen molar-refractivity contribution in [3.8, 4) is 11.1 Å². The van der Waals surface area contributed by atoms with Gasteiger partial charge in [0.05, 0.1) is 0 Å². The maximum Gasteiger partial charge on any atom is 0.131 e. The summed E-state index contributed by atoms with van der Waals surface area (Å²) in [6.07, 6.45) is 0.937. The van der Waals surface area contributed by atoms with Gasteiger partial charge in [-0.3, -0.25) is 0 Å². The van der Waals surface area contributed by atoms with E-state index in [1.54, 1.807) is 12.1 Å². The molecule has 0 aliphatic carbocycles. The van der Waals surface area contributed by atoms with Crippen molar-refractivity contribution in [3.63, 3.8) is 0 Å². The SMILES string of the molecule is Fc1cccc2c1-c1ccccc1SCC2. The van der Waals surface area contributed by atoms with E-state index in [2.05, 4.69) is 6.07 Å². The van der Waals surface area contributed by atoms with Gasteiger partial charge >= 0.3 is 0 Å². The molecule has 2 heteroatoms. The zero-order valence-corrected chi connectivity index (χ0v) is 9.56. The summed E-state index contributed by atoms with van der Waals surface area (Å²) in [5.41, 5.74) is 2.96. The molecule has 0 bridgehead atoms. The molecule has 0 saturated heterocycles. The Kier molecular flexibility index (Phi) is 2.44. The number of aryl methyl sites for hydroxylation is 1. The lowest BCUT2D eigenvalue weighted by molar-refractivity contribution is 0.629. The van der Waals surface area contributed by atoms with Crippen molar-refractivity contribution >= 4 is 11.8 Å². The molecule has 0 saturated carbocycles. The highest BCUT2D eigenvalue weighted by Gasteiger charge is 2.17. The fourth-order valence-electron chi connectivity index (χ4n) is 2.15. The van der Waals surface area contributed by atoms with Crippen LogP contribution in [0.15, 0.2) is 47.4 Å². The molecule has 0 atom stereocenters. The van der Waals surface area contributed by atoms with Crippen LogP contribution in [0.25, 0.3) is 11.1 Å². The molecule has 2 aromatic rings. The van der Waals surface area contributed by atoms with Gasteiger partial charge in [0.2, 0.25) is 0 Å². The zero-order chi connectivity index (χ0) is 11.0. The van der Waals surface area contributed by atoms with Crippen LogP contribution in [-0.4, -0.2) is 5.75 Å². The first kappa shape index (κ1) is 9.91. The Bertz CT molecular complexity index is 534. The lowest BCUT2D eigenvalue weighted by Gasteiger charge is -2.09. The molecule has 0 aromatic heterocycles. The molecular formula is C14H11FS. The lowest BCUT2D eigenvalue weighted by Crippen LogP contribution is -1.92. The quantitative estimate of drug-likeness (QED) is 0.655. The molecule has 0 radical (unpaired) electrons. The van der Waals surface area contributed by atoms with Crippen LogP contribution in [0.2, 0.25) is 0 Å². The molecule has 0 nitrogen and oxygen atoms in total. The molecule has 3 rings (SSSR count). The summed E-state index contributed by atoms with van der Waals surface area (Å²) in [6, 6.07) is 13.4. The molecule has 0 spiro atoms. The third-order valence-corrected chi connectivity index (χ3v) is 3.96. The molecule has 1 aliphatic rings. The van der Waals surface area contributed by atoms with Gasteiger partial charge in [-0.15, -0.1) is 11.8 Å². The Labute approximate surface area is 98.5 Å². The molecule has 0 unspecified atom stereocenters. The van der Waals surface area contributed by atoms with E-state index in [1.165, 1.54) is 4.90 Å². The monoisotopic (exact) mass is 230 g/mol. The Morgan fingerprint density at radius 2 is 1.88 bits per heavy atom. The van der Waals surface area contributed by atoms with E-state index in [9.17, 15) is 4.39 Å². The van der Waals surface area contributed by atoms with Crippen molar-refractivity contribution in [2.45, 2.75) is 11.3 Å². The van der Waals surface area contributed by atoms with Gasteiger partial charge in [0.25, 0.3) is 0 Å². The molecular weight excluding hydrogens is 219 g/mol. The van der Waals surface area contributed by atoms with Crippen molar-refractivity contribution in [3.05, 3.63) is 53.8 Å². The van der Waals surface area contributed by atoms with Crippen LogP contribution >= 0.6 is 11.8 Å². The average molecular weight is 230 g/mol. The smallest absolute Gasteiger partial charge is 0.131 e. The van der Waals surface area contributed by atoms with Gasteiger partial charge in [0.1, 0.15) is 5.82 Å². The number of hydrogen-bond donors (Lipinski definition) is 0. The van der Waals surface area contributed by atoms with Gasteiger partial charge in [-0.1, -0.05) is 30.3 Å². The zero-order valence-electron chi connectivity index (χ0n) is 8.74. The summed E-state index contributed by atoms with van der Waals surface area (Å²) in [4.78, 5) is 1.19. The minimum Gasteiger partial charge on any atom is -0.206 e.